The number of aromatic nitrogens is 2. The number of carboxylic acid groups (broad SMARTS) is 1. The molecular weight excluding hydrogens is 216 g/mol. The second-order valence-electron chi connectivity index (χ2n) is 5.17. The lowest BCUT2D eigenvalue weighted by molar-refractivity contribution is -0.143. The molecule has 17 heavy (non-hydrogen) atoms. The quantitative estimate of drug-likeness (QED) is 0.876. The van der Waals surface area contributed by atoms with Crippen LogP contribution in [0.5, 0.6) is 0 Å². The van der Waals surface area contributed by atoms with Crippen molar-refractivity contribution in [3.63, 3.8) is 0 Å². The number of carboxylic acids is 1. The topological polar surface area (TPSA) is 55.1 Å². The molecule has 1 aliphatic carbocycles. The van der Waals surface area contributed by atoms with E-state index in [1.165, 1.54) is 5.69 Å². The summed E-state index contributed by atoms with van der Waals surface area (Å²) < 4.78 is 2.06. The van der Waals surface area contributed by atoms with Gasteiger partial charge >= 0.3 is 5.97 Å². The normalized spacial score (nSPS) is 24.8. The van der Waals surface area contributed by atoms with Gasteiger partial charge in [0.1, 0.15) is 0 Å². The van der Waals surface area contributed by atoms with E-state index in [0.717, 1.165) is 37.9 Å². The summed E-state index contributed by atoms with van der Waals surface area (Å²) in [6, 6.07) is 2.09. The number of aliphatic carboxylic acids is 1. The van der Waals surface area contributed by atoms with Gasteiger partial charge in [0.2, 0.25) is 0 Å². The number of nitrogens with zero attached hydrogens (tertiary/aromatic N) is 2. The first-order chi connectivity index (χ1) is 8.06. The predicted octanol–water partition coefficient (Wildman–Crippen LogP) is 2.39. The van der Waals surface area contributed by atoms with Crippen molar-refractivity contribution in [3.8, 4) is 0 Å². The molecule has 2 rings (SSSR count). The number of aryl methyl sites for hydroxylation is 2. The van der Waals surface area contributed by atoms with Crippen LogP contribution in [0.2, 0.25) is 0 Å². The molecular formula is C13H20N2O2. The number of rotatable bonds is 3. The maximum absolute atomic E-state index is 10.9. The fourth-order valence-electron chi connectivity index (χ4n) is 2.70. The summed E-state index contributed by atoms with van der Waals surface area (Å²) in [7, 11) is 0. The van der Waals surface area contributed by atoms with Crippen LogP contribution < -0.4 is 0 Å². The van der Waals surface area contributed by atoms with Crippen LogP contribution >= 0.6 is 0 Å². The summed E-state index contributed by atoms with van der Waals surface area (Å²) in [5.74, 6) is -0.162. The highest BCUT2D eigenvalue weighted by molar-refractivity contribution is 5.69. The number of hydrogen-bond donors (Lipinski definition) is 1. The number of hydrogen-bond acceptors (Lipinski definition) is 2. The zero-order valence-electron chi connectivity index (χ0n) is 10.5. The summed E-state index contributed by atoms with van der Waals surface area (Å²) in [5, 5.41) is 13.4. The largest absolute Gasteiger partial charge is 0.481 e. The molecule has 1 aliphatic rings. The first kappa shape index (κ1) is 12.1. The van der Waals surface area contributed by atoms with E-state index in [2.05, 4.69) is 22.8 Å². The Balaban J connectivity index is 1.90. The maximum Gasteiger partial charge on any atom is 0.306 e. The third kappa shape index (κ3) is 2.87. The average molecular weight is 236 g/mol. The van der Waals surface area contributed by atoms with Crippen molar-refractivity contribution < 1.29 is 9.90 Å². The molecule has 4 heteroatoms. The van der Waals surface area contributed by atoms with Crippen LogP contribution in [0.4, 0.5) is 0 Å². The number of carbonyl (C=O) groups is 1. The van der Waals surface area contributed by atoms with Crippen molar-refractivity contribution in [2.24, 2.45) is 11.8 Å². The van der Waals surface area contributed by atoms with E-state index in [1.54, 1.807) is 0 Å². The molecule has 0 atom stereocenters. The van der Waals surface area contributed by atoms with E-state index in [-0.39, 0.29) is 5.92 Å². The molecule has 1 aromatic heterocycles. The Hall–Kier alpha value is -1.32. The van der Waals surface area contributed by atoms with Gasteiger partial charge in [-0.25, -0.2) is 0 Å². The van der Waals surface area contributed by atoms with Crippen molar-refractivity contribution in [1.82, 2.24) is 9.78 Å². The lowest BCUT2D eigenvalue weighted by Crippen LogP contribution is -2.24. The molecule has 1 heterocycles. The standard InChI is InChI=1S/C13H20N2O2/c1-9-7-10(2)15(14-9)8-11-3-5-12(6-4-11)13(16)17/h7,11-12H,3-6,8H2,1-2H3,(H,16,17)/t11-,12-. The molecule has 0 aromatic carbocycles. The van der Waals surface area contributed by atoms with Crippen molar-refractivity contribution in [2.45, 2.75) is 46.1 Å². The van der Waals surface area contributed by atoms with Crippen LogP contribution in [-0.2, 0) is 11.3 Å². The fourth-order valence-corrected chi connectivity index (χ4v) is 2.70. The summed E-state index contributed by atoms with van der Waals surface area (Å²) in [6.07, 6.45) is 3.66. The smallest absolute Gasteiger partial charge is 0.306 e. The van der Waals surface area contributed by atoms with Gasteiger partial charge in [-0.2, -0.15) is 5.10 Å². The Bertz CT molecular complexity index is 404. The molecule has 0 spiro atoms. The van der Waals surface area contributed by atoms with Gasteiger partial charge in [-0.05, 0) is 51.5 Å². The first-order valence-electron chi connectivity index (χ1n) is 6.30. The molecule has 0 saturated heterocycles. The fraction of sp³-hybridized carbons (Fsp3) is 0.692. The van der Waals surface area contributed by atoms with E-state index in [1.807, 2.05) is 6.92 Å². The highest BCUT2D eigenvalue weighted by Crippen LogP contribution is 2.30. The zero-order chi connectivity index (χ0) is 12.4. The Morgan fingerprint density at radius 1 is 1.41 bits per heavy atom. The van der Waals surface area contributed by atoms with Gasteiger partial charge in [0.05, 0.1) is 11.6 Å². The van der Waals surface area contributed by atoms with Gasteiger partial charge in [0.25, 0.3) is 0 Å². The molecule has 0 unspecified atom stereocenters. The Kier molecular flexibility index (Phi) is 3.50. The van der Waals surface area contributed by atoms with Crippen LogP contribution in [0.25, 0.3) is 0 Å². The highest BCUT2D eigenvalue weighted by atomic mass is 16.4. The van der Waals surface area contributed by atoms with Crippen molar-refractivity contribution in [2.75, 3.05) is 0 Å². The molecule has 0 amide bonds. The van der Waals surface area contributed by atoms with E-state index >= 15 is 0 Å². The van der Waals surface area contributed by atoms with Crippen molar-refractivity contribution in [3.05, 3.63) is 17.5 Å². The van der Waals surface area contributed by atoms with Crippen LogP contribution in [0.1, 0.15) is 37.1 Å². The van der Waals surface area contributed by atoms with Gasteiger partial charge in [-0.15, -0.1) is 0 Å². The third-order valence-electron chi connectivity index (χ3n) is 3.73. The molecule has 1 fully saturated rings. The van der Waals surface area contributed by atoms with Crippen molar-refractivity contribution >= 4 is 5.97 Å². The molecule has 4 nitrogen and oxygen atoms in total. The summed E-state index contributed by atoms with van der Waals surface area (Å²) in [4.78, 5) is 10.9. The first-order valence-corrected chi connectivity index (χ1v) is 6.30. The van der Waals surface area contributed by atoms with Gasteiger partial charge < -0.3 is 5.11 Å². The molecule has 94 valence electrons. The molecule has 1 aromatic rings. The third-order valence-corrected chi connectivity index (χ3v) is 3.73. The van der Waals surface area contributed by atoms with E-state index < -0.39 is 5.97 Å². The predicted molar refractivity (Wildman–Crippen MR) is 64.8 cm³/mol. The summed E-state index contributed by atoms with van der Waals surface area (Å²) >= 11 is 0. The SMILES string of the molecule is Cc1cc(C)n(C[C@H]2CC[C@H](C(=O)O)CC2)n1. The maximum atomic E-state index is 10.9. The Labute approximate surface area is 102 Å². The minimum atomic E-state index is -0.630. The van der Waals surface area contributed by atoms with E-state index in [0.29, 0.717) is 5.92 Å². The van der Waals surface area contributed by atoms with Crippen LogP contribution in [0.3, 0.4) is 0 Å². The van der Waals surface area contributed by atoms with Gasteiger partial charge in [-0.3, -0.25) is 9.48 Å². The van der Waals surface area contributed by atoms with Crippen LogP contribution in [0.15, 0.2) is 6.07 Å². The zero-order valence-corrected chi connectivity index (χ0v) is 10.5. The Morgan fingerprint density at radius 3 is 2.53 bits per heavy atom. The summed E-state index contributed by atoms with van der Waals surface area (Å²) in [6.45, 7) is 5.01. The average Bonchev–Trinajstić information content (AvgIpc) is 2.58. The molecule has 1 saturated carbocycles. The molecule has 0 bridgehead atoms. The van der Waals surface area contributed by atoms with Crippen LogP contribution in [0, 0.1) is 25.7 Å². The van der Waals surface area contributed by atoms with E-state index in [4.69, 9.17) is 5.11 Å². The Morgan fingerprint density at radius 2 is 2.06 bits per heavy atom. The monoisotopic (exact) mass is 236 g/mol. The molecule has 0 radical (unpaired) electrons. The molecule has 0 aliphatic heterocycles. The lowest BCUT2D eigenvalue weighted by Gasteiger charge is -2.26. The minimum Gasteiger partial charge on any atom is -0.481 e. The van der Waals surface area contributed by atoms with Gasteiger partial charge in [0.15, 0.2) is 0 Å². The second kappa shape index (κ2) is 4.90. The van der Waals surface area contributed by atoms with E-state index in [9.17, 15) is 4.79 Å². The van der Waals surface area contributed by atoms with Gasteiger partial charge in [0, 0.05) is 12.2 Å². The minimum absolute atomic E-state index is 0.119. The van der Waals surface area contributed by atoms with Crippen LogP contribution in [-0.4, -0.2) is 20.9 Å². The molecule has 1 N–H and O–H groups in total. The lowest BCUT2D eigenvalue weighted by atomic mass is 9.82. The van der Waals surface area contributed by atoms with Crippen molar-refractivity contribution in [1.29, 1.82) is 0 Å². The second-order valence-corrected chi connectivity index (χ2v) is 5.17. The highest BCUT2D eigenvalue weighted by Gasteiger charge is 2.26. The van der Waals surface area contributed by atoms with Gasteiger partial charge in [-0.1, -0.05) is 0 Å². The summed E-state index contributed by atoms with van der Waals surface area (Å²) in [5.41, 5.74) is 2.25.